The van der Waals surface area contributed by atoms with Gasteiger partial charge in [-0.15, -0.1) is 11.3 Å². The number of thiophene rings is 1. The number of anilines is 1. The van der Waals surface area contributed by atoms with Crippen molar-refractivity contribution in [1.29, 1.82) is 0 Å². The van der Waals surface area contributed by atoms with Crippen molar-refractivity contribution in [3.63, 3.8) is 0 Å². The number of hydrogen-bond donors (Lipinski definition) is 1. The highest BCUT2D eigenvalue weighted by Gasteiger charge is 2.13. The third-order valence-electron chi connectivity index (χ3n) is 2.32. The van der Waals surface area contributed by atoms with Crippen molar-refractivity contribution in [3.05, 3.63) is 38.9 Å². The minimum atomic E-state index is 0.193. The fourth-order valence-electron chi connectivity index (χ4n) is 1.48. The normalized spacial score (nSPS) is 12.4. The lowest BCUT2D eigenvalue weighted by atomic mass is 10.2. The molecule has 0 bridgehead atoms. The number of nitrogens with one attached hydrogen (secondary N) is 1. The van der Waals surface area contributed by atoms with Gasteiger partial charge in [0, 0.05) is 4.88 Å². The molecule has 17 heavy (non-hydrogen) atoms. The Hall–Kier alpha value is -0.840. The van der Waals surface area contributed by atoms with Crippen LogP contribution in [0.25, 0.3) is 0 Å². The summed E-state index contributed by atoms with van der Waals surface area (Å²) in [7, 11) is 0. The van der Waals surface area contributed by atoms with Gasteiger partial charge in [0.1, 0.15) is 10.8 Å². The first kappa shape index (κ1) is 12.6. The van der Waals surface area contributed by atoms with Gasteiger partial charge in [0.2, 0.25) is 5.28 Å². The highest BCUT2D eigenvalue weighted by molar-refractivity contribution is 7.10. The van der Waals surface area contributed by atoms with Gasteiger partial charge < -0.3 is 5.32 Å². The monoisotopic (exact) mass is 287 g/mol. The van der Waals surface area contributed by atoms with E-state index in [-0.39, 0.29) is 11.3 Å². The van der Waals surface area contributed by atoms with Crippen molar-refractivity contribution >= 4 is 40.4 Å². The molecule has 0 aliphatic carbocycles. The van der Waals surface area contributed by atoms with E-state index in [1.54, 1.807) is 11.3 Å². The highest BCUT2D eigenvalue weighted by Crippen LogP contribution is 2.28. The van der Waals surface area contributed by atoms with Crippen molar-refractivity contribution in [2.75, 3.05) is 5.32 Å². The largest absolute Gasteiger partial charge is 0.361 e. The Balaban J connectivity index is 2.21. The molecule has 3 nitrogen and oxygen atoms in total. The summed E-state index contributed by atoms with van der Waals surface area (Å²) in [6.45, 7) is 2.11. The van der Waals surface area contributed by atoms with Crippen LogP contribution in [0.15, 0.2) is 23.7 Å². The summed E-state index contributed by atoms with van der Waals surface area (Å²) in [6.07, 6.45) is 2.44. The van der Waals surface area contributed by atoms with E-state index in [9.17, 15) is 0 Å². The summed E-state index contributed by atoms with van der Waals surface area (Å²) >= 11 is 13.5. The van der Waals surface area contributed by atoms with Crippen LogP contribution in [-0.2, 0) is 0 Å². The molecule has 6 heteroatoms. The molecule has 1 N–H and O–H groups in total. The number of nitrogens with zero attached hydrogens (tertiary/aromatic N) is 2. The molecule has 2 aromatic heterocycles. The van der Waals surface area contributed by atoms with Crippen LogP contribution < -0.4 is 5.32 Å². The second-order valence-electron chi connectivity index (χ2n) is 3.46. The maximum atomic E-state index is 6.02. The van der Waals surface area contributed by atoms with Gasteiger partial charge in [-0.3, -0.25) is 0 Å². The number of halogens is 2. The molecular formula is C11H11Cl2N3S. The van der Waals surface area contributed by atoms with Gasteiger partial charge in [0.05, 0.1) is 12.2 Å². The fourth-order valence-corrected chi connectivity index (χ4v) is 2.62. The third-order valence-corrected chi connectivity index (χ3v) is 3.77. The van der Waals surface area contributed by atoms with E-state index in [0.29, 0.717) is 10.8 Å². The van der Waals surface area contributed by atoms with Gasteiger partial charge in [-0.2, -0.15) is 4.98 Å². The predicted molar refractivity (Wildman–Crippen MR) is 73.0 cm³/mol. The van der Waals surface area contributed by atoms with Gasteiger partial charge in [-0.25, -0.2) is 4.98 Å². The van der Waals surface area contributed by atoms with Crippen molar-refractivity contribution < 1.29 is 0 Å². The predicted octanol–water partition coefficient (Wildman–Crippen LogP) is 4.41. The minimum absolute atomic E-state index is 0.193. The molecule has 0 saturated carbocycles. The maximum Gasteiger partial charge on any atom is 0.224 e. The van der Waals surface area contributed by atoms with E-state index in [2.05, 4.69) is 28.3 Å². The zero-order chi connectivity index (χ0) is 12.3. The average molecular weight is 288 g/mol. The smallest absolute Gasteiger partial charge is 0.224 e. The summed E-state index contributed by atoms with van der Waals surface area (Å²) in [4.78, 5) is 9.15. The third kappa shape index (κ3) is 3.09. The average Bonchev–Trinajstić information content (AvgIpc) is 2.84. The molecule has 0 fully saturated rings. The Bertz CT molecular complexity index is 487. The van der Waals surface area contributed by atoms with Crippen molar-refractivity contribution in [3.8, 4) is 0 Å². The minimum Gasteiger partial charge on any atom is -0.361 e. The Kier molecular flexibility index (Phi) is 4.20. The number of rotatable bonds is 4. The van der Waals surface area contributed by atoms with Crippen LogP contribution in [0.2, 0.25) is 10.3 Å². The van der Waals surface area contributed by atoms with E-state index in [1.165, 1.54) is 11.1 Å². The zero-order valence-corrected chi connectivity index (χ0v) is 11.5. The number of hydrogen-bond acceptors (Lipinski definition) is 4. The van der Waals surface area contributed by atoms with Gasteiger partial charge in [-0.05, 0) is 29.5 Å². The van der Waals surface area contributed by atoms with Crippen LogP contribution in [0, 0.1) is 0 Å². The SMILES string of the molecule is CCC(Nc1nc(Cl)ncc1Cl)c1cccs1. The molecule has 0 amide bonds. The summed E-state index contributed by atoms with van der Waals surface area (Å²) in [5.41, 5.74) is 0. The van der Waals surface area contributed by atoms with Crippen molar-refractivity contribution in [2.45, 2.75) is 19.4 Å². The molecule has 0 spiro atoms. The van der Waals surface area contributed by atoms with E-state index in [4.69, 9.17) is 23.2 Å². The van der Waals surface area contributed by atoms with Crippen LogP contribution in [0.3, 0.4) is 0 Å². The van der Waals surface area contributed by atoms with Crippen LogP contribution in [0.1, 0.15) is 24.3 Å². The molecule has 0 radical (unpaired) electrons. The molecule has 0 aliphatic heterocycles. The zero-order valence-electron chi connectivity index (χ0n) is 9.15. The topological polar surface area (TPSA) is 37.8 Å². The second-order valence-corrected chi connectivity index (χ2v) is 5.18. The van der Waals surface area contributed by atoms with Crippen molar-refractivity contribution in [1.82, 2.24) is 9.97 Å². The van der Waals surface area contributed by atoms with Gasteiger partial charge in [-0.1, -0.05) is 24.6 Å². The van der Waals surface area contributed by atoms with Gasteiger partial charge >= 0.3 is 0 Å². The van der Waals surface area contributed by atoms with Crippen LogP contribution in [0.5, 0.6) is 0 Å². The Morgan fingerprint density at radius 3 is 2.94 bits per heavy atom. The van der Waals surface area contributed by atoms with Crippen molar-refractivity contribution in [2.24, 2.45) is 0 Å². The fraction of sp³-hybridized carbons (Fsp3) is 0.273. The summed E-state index contributed by atoms with van der Waals surface area (Å²) < 4.78 is 0. The number of aromatic nitrogens is 2. The Morgan fingerprint density at radius 2 is 2.29 bits per heavy atom. The second kappa shape index (κ2) is 5.67. The standard InChI is InChI=1S/C11H11Cl2N3S/c1-2-8(9-4-3-5-17-9)15-10-7(12)6-14-11(13)16-10/h3-6,8H,2H2,1H3,(H,14,15,16). The maximum absolute atomic E-state index is 6.02. The quantitative estimate of drug-likeness (QED) is 0.847. The Labute approximate surface area is 114 Å². The summed E-state index contributed by atoms with van der Waals surface area (Å²) in [5.74, 6) is 0.576. The lowest BCUT2D eigenvalue weighted by Crippen LogP contribution is -2.10. The summed E-state index contributed by atoms with van der Waals surface area (Å²) in [5, 5.41) is 6.00. The first-order chi connectivity index (χ1) is 8.20. The van der Waals surface area contributed by atoms with Gasteiger partial charge in [0.25, 0.3) is 0 Å². The molecule has 0 aromatic carbocycles. The van der Waals surface area contributed by atoms with E-state index >= 15 is 0 Å². The molecule has 2 rings (SSSR count). The van der Waals surface area contributed by atoms with E-state index in [1.807, 2.05) is 11.4 Å². The van der Waals surface area contributed by atoms with Crippen LogP contribution in [0.4, 0.5) is 5.82 Å². The van der Waals surface area contributed by atoms with E-state index in [0.717, 1.165) is 6.42 Å². The lowest BCUT2D eigenvalue weighted by Gasteiger charge is -2.16. The van der Waals surface area contributed by atoms with Gasteiger partial charge in [0.15, 0.2) is 0 Å². The molecule has 2 heterocycles. The molecule has 1 atom stereocenters. The molecule has 0 saturated heterocycles. The summed E-state index contributed by atoms with van der Waals surface area (Å²) in [6, 6.07) is 4.31. The Morgan fingerprint density at radius 1 is 1.47 bits per heavy atom. The highest BCUT2D eigenvalue weighted by atomic mass is 35.5. The molecule has 90 valence electrons. The first-order valence-electron chi connectivity index (χ1n) is 5.18. The first-order valence-corrected chi connectivity index (χ1v) is 6.82. The lowest BCUT2D eigenvalue weighted by molar-refractivity contribution is 0.758. The molecule has 0 aliphatic rings. The van der Waals surface area contributed by atoms with Crippen LogP contribution >= 0.6 is 34.5 Å². The van der Waals surface area contributed by atoms with Crippen LogP contribution in [-0.4, -0.2) is 9.97 Å². The molecule has 1 unspecified atom stereocenters. The molecular weight excluding hydrogens is 277 g/mol. The van der Waals surface area contributed by atoms with E-state index < -0.39 is 0 Å². The molecule has 2 aromatic rings.